The van der Waals surface area contributed by atoms with Gasteiger partial charge in [-0.15, -0.1) is 11.3 Å². The molecule has 0 atom stereocenters. The Balaban J connectivity index is 2.25. The Kier molecular flexibility index (Phi) is 4.95. The van der Waals surface area contributed by atoms with Crippen LogP contribution in [0.25, 0.3) is 0 Å². The van der Waals surface area contributed by atoms with E-state index in [4.69, 9.17) is 23.2 Å². The average molecular weight is 381 g/mol. The molecule has 0 aliphatic carbocycles. The summed E-state index contributed by atoms with van der Waals surface area (Å²) in [6, 6.07) is 3.79. The molecule has 0 aliphatic rings. The highest BCUT2D eigenvalue weighted by Crippen LogP contribution is 2.32. The van der Waals surface area contributed by atoms with Gasteiger partial charge in [0.1, 0.15) is 11.6 Å². The van der Waals surface area contributed by atoms with Gasteiger partial charge in [0.25, 0.3) is 0 Å². The van der Waals surface area contributed by atoms with E-state index in [9.17, 15) is 0 Å². The third-order valence-corrected chi connectivity index (χ3v) is 4.77. The van der Waals surface area contributed by atoms with Gasteiger partial charge in [0.05, 0.1) is 16.6 Å². The van der Waals surface area contributed by atoms with Crippen molar-refractivity contribution in [2.24, 2.45) is 0 Å². The Labute approximate surface area is 134 Å². The smallest absolute Gasteiger partial charge is 0.150 e. The molecular weight excluding hydrogens is 369 g/mol. The van der Waals surface area contributed by atoms with E-state index in [1.165, 1.54) is 4.88 Å². The van der Waals surface area contributed by atoms with E-state index in [0.29, 0.717) is 21.7 Å². The number of hydrogen-bond donors (Lipinski definition) is 1. The van der Waals surface area contributed by atoms with Crippen molar-refractivity contribution in [2.75, 3.05) is 24.3 Å². The van der Waals surface area contributed by atoms with Crippen LogP contribution in [0.2, 0.25) is 10.0 Å². The molecule has 7 heteroatoms. The molecule has 102 valence electrons. The molecule has 0 amide bonds. The van der Waals surface area contributed by atoms with E-state index in [-0.39, 0.29) is 0 Å². The van der Waals surface area contributed by atoms with E-state index in [2.05, 4.69) is 37.7 Å². The molecule has 1 N–H and O–H groups in total. The summed E-state index contributed by atoms with van der Waals surface area (Å²) in [6.07, 6.45) is 0. The summed E-state index contributed by atoms with van der Waals surface area (Å²) in [4.78, 5) is 7.66. The SMILES string of the molecule is CNc1nc(N(C)Cc2cc(Br)cs2)c(Cl)cc1Cl. The van der Waals surface area contributed by atoms with Gasteiger partial charge in [0.15, 0.2) is 0 Å². The summed E-state index contributed by atoms with van der Waals surface area (Å²) < 4.78 is 1.09. The average Bonchev–Trinajstić information content (AvgIpc) is 2.74. The molecule has 2 heterocycles. The number of nitrogens with zero attached hydrogens (tertiary/aromatic N) is 2. The fraction of sp³-hybridized carbons (Fsp3) is 0.250. The normalized spacial score (nSPS) is 10.6. The first-order chi connectivity index (χ1) is 9.01. The molecule has 0 fully saturated rings. The Hall–Kier alpha value is -0.490. The third-order valence-electron chi connectivity index (χ3n) is 2.52. The van der Waals surface area contributed by atoms with Crippen molar-refractivity contribution in [1.82, 2.24) is 4.98 Å². The molecule has 0 bridgehead atoms. The standard InChI is InChI=1S/C12H12BrCl2N3S/c1-16-11-9(14)4-10(15)12(17-11)18(2)5-8-3-7(13)6-19-8/h3-4,6H,5H2,1-2H3,(H,16,17). The number of anilines is 2. The van der Waals surface area contributed by atoms with Gasteiger partial charge in [0.2, 0.25) is 0 Å². The van der Waals surface area contributed by atoms with Crippen molar-refractivity contribution in [3.63, 3.8) is 0 Å². The zero-order valence-corrected chi connectivity index (χ0v) is 14.3. The number of thiophene rings is 1. The zero-order chi connectivity index (χ0) is 14.0. The molecule has 3 nitrogen and oxygen atoms in total. The topological polar surface area (TPSA) is 28.2 Å². The second-order valence-electron chi connectivity index (χ2n) is 3.96. The highest BCUT2D eigenvalue weighted by atomic mass is 79.9. The number of rotatable bonds is 4. The highest BCUT2D eigenvalue weighted by Gasteiger charge is 2.13. The monoisotopic (exact) mass is 379 g/mol. The molecule has 2 aromatic rings. The second kappa shape index (κ2) is 6.31. The van der Waals surface area contributed by atoms with E-state index in [1.54, 1.807) is 24.5 Å². The first-order valence-corrected chi connectivity index (χ1v) is 7.92. The molecule has 2 rings (SSSR count). The van der Waals surface area contributed by atoms with Crippen LogP contribution in [0.4, 0.5) is 11.6 Å². The number of nitrogens with one attached hydrogen (secondary N) is 1. The second-order valence-corrected chi connectivity index (χ2v) is 6.69. The van der Waals surface area contributed by atoms with Crippen LogP contribution in [0.1, 0.15) is 4.88 Å². The Morgan fingerprint density at radius 1 is 1.37 bits per heavy atom. The summed E-state index contributed by atoms with van der Waals surface area (Å²) in [5.74, 6) is 1.33. The summed E-state index contributed by atoms with van der Waals surface area (Å²) in [6.45, 7) is 0.744. The summed E-state index contributed by atoms with van der Waals surface area (Å²) in [5.41, 5.74) is 0. The van der Waals surface area contributed by atoms with Crippen molar-refractivity contribution in [1.29, 1.82) is 0 Å². The van der Waals surface area contributed by atoms with Crippen LogP contribution >= 0.6 is 50.5 Å². The maximum Gasteiger partial charge on any atom is 0.150 e. The van der Waals surface area contributed by atoms with Crippen LogP contribution in [0.5, 0.6) is 0 Å². The lowest BCUT2D eigenvalue weighted by molar-refractivity contribution is 0.913. The predicted molar refractivity (Wildman–Crippen MR) is 87.9 cm³/mol. The van der Waals surface area contributed by atoms with Gasteiger partial charge in [-0.1, -0.05) is 23.2 Å². The molecule has 0 saturated carbocycles. The number of aromatic nitrogens is 1. The maximum atomic E-state index is 6.20. The molecule has 2 aromatic heterocycles. The zero-order valence-electron chi connectivity index (χ0n) is 10.4. The van der Waals surface area contributed by atoms with Crippen LogP contribution in [0, 0.1) is 0 Å². The molecule has 0 radical (unpaired) electrons. The van der Waals surface area contributed by atoms with E-state index in [1.807, 2.05) is 11.9 Å². The van der Waals surface area contributed by atoms with E-state index in [0.717, 1.165) is 11.0 Å². The maximum absolute atomic E-state index is 6.20. The van der Waals surface area contributed by atoms with E-state index >= 15 is 0 Å². The molecular formula is C12H12BrCl2N3S. The predicted octanol–water partition coefficient (Wildman–Crippen LogP) is 4.89. The van der Waals surface area contributed by atoms with Gasteiger partial charge in [-0.05, 0) is 28.1 Å². The van der Waals surface area contributed by atoms with Gasteiger partial charge in [-0.2, -0.15) is 0 Å². The Morgan fingerprint density at radius 2 is 2.11 bits per heavy atom. The van der Waals surface area contributed by atoms with Gasteiger partial charge in [-0.25, -0.2) is 4.98 Å². The quantitative estimate of drug-likeness (QED) is 0.818. The van der Waals surface area contributed by atoms with Crippen molar-refractivity contribution in [2.45, 2.75) is 6.54 Å². The van der Waals surface area contributed by atoms with Crippen LogP contribution in [0.15, 0.2) is 22.0 Å². The minimum Gasteiger partial charge on any atom is -0.372 e. The van der Waals surface area contributed by atoms with Crippen molar-refractivity contribution in [3.8, 4) is 0 Å². The lowest BCUT2D eigenvalue weighted by Crippen LogP contribution is -2.18. The Bertz CT molecular complexity index is 588. The van der Waals surface area contributed by atoms with Crippen LogP contribution < -0.4 is 10.2 Å². The van der Waals surface area contributed by atoms with Crippen molar-refractivity contribution in [3.05, 3.63) is 36.9 Å². The first kappa shape index (κ1) is 14.9. The van der Waals surface area contributed by atoms with Crippen LogP contribution in [-0.2, 0) is 6.54 Å². The third kappa shape index (κ3) is 3.54. The molecule has 0 saturated heterocycles. The molecule has 19 heavy (non-hydrogen) atoms. The van der Waals surface area contributed by atoms with Crippen molar-refractivity contribution < 1.29 is 0 Å². The molecule has 0 aliphatic heterocycles. The first-order valence-electron chi connectivity index (χ1n) is 5.49. The molecule has 0 spiro atoms. The van der Waals surface area contributed by atoms with Crippen LogP contribution in [-0.4, -0.2) is 19.1 Å². The minimum absolute atomic E-state index is 0.517. The Morgan fingerprint density at radius 3 is 2.68 bits per heavy atom. The highest BCUT2D eigenvalue weighted by molar-refractivity contribution is 9.10. The van der Waals surface area contributed by atoms with Crippen molar-refractivity contribution >= 4 is 62.1 Å². The largest absolute Gasteiger partial charge is 0.372 e. The number of hydrogen-bond acceptors (Lipinski definition) is 4. The van der Waals surface area contributed by atoms with E-state index < -0.39 is 0 Å². The lowest BCUT2D eigenvalue weighted by atomic mass is 10.3. The minimum atomic E-state index is 0.517. The summed E-state index contributed by atoms with van der Waals surface area (Å²) in [5, 5.41) is 6.07. The molecule has 0 aromatic carbocycles. The number of pyridine rings is 1. The fourth-order valence-electron chi connectivity index (χ4n) is 1.65. The molecule has 0 unspecified atom stereocenters. The number of halogens is 3. The van der Waals surface area contributed by atoms with Crippen LogP contribution in [0.3, 0.4) is 0 Å². The lowest BCUT2D eigenvalue weighted by Gasteiger charge is -2.19. The summed E-state index contributed by atoms with van der Waals surface area (Å²) >= 11 is 17.4. The van der Waals surface area contributed by atoms with Gasteiger partial charge in [-0.3, -0.25) is 0 Å². The fourth-order valence-corrected chi connectivity index (χ4v) is 3.75. The van der Waals surface area contributed by atoms with Gasteiger partial charge in [0, 0.05) is 28.8 Å². The van der Waals surface area contributed by atoms with Gasteiger partial charge >= 0.3 is 0 Å². The van der Waals surface area contributed by atoms with Gasteiger partial charge < -0.3 is 10.2 Å². The summed E-state index contributed by atoms with van der Waals surface area (Å²) in [7, 11) is 3.73.